The third-order valence-corrected chi connectivity index (χ3v) is 4.36. The maximum atomic E-state index is 12.7. The zero-order chi connectivity index (χ0) is 20.1. The van der Waals surface area contributed by atoms with E-state index < -0.39 is 11.7 Å². The molecule has 0 spiro atoms. The molecule has 0 atom stereocenters. The van der Waals surface area contributed by atoms with E-state index >= 15 is 0 Å². The minimum Gasteiger partial charge on any atom is -0.484 e. The Bertz CT molecular complexity index is 821. The fraction of sp³-hybridized carbons (Fsp3) is 0.421. The number of aromatic nitrogens is 2. The molecule has 1 fully saturated rings. The standard InChI is InChI=1S/C19H20F3N3O3/c1-13-23-8-5-17(24-13)28-15-6-9-25(10-7-15)18(26)12-27-16-4-2-3-14(11-16)19(20,21)22/h2-5,8,11,15H,6-7,9-10,12H2,1H3. The number of amides is 1. The van der Waals surface area contributed by atoms with Crippen molar-refractivity contribution in [2.24, 2.45) is 0 Å². The molecule has 1 aromatic carbocycles. The molecule has 0 aliphatic carbocycles. The number of hydrogen-bond donors (Lipinski definition) is 0. The van der Waals surface area contributed by atoms with Crippen LogP contribution in [0.15, 0.2) is 36.5 Å². The summed E-state index contributed by atoms with van der Waals surface area (Å²) in [5.74, 6) is 0.872. The van der Waals surface area contributed by atoms with E-state index in [-0.39, 0.29) is 24.4 Å². The van der Waals surface area contributed by atoms with Crippen molar-refractivity contribution in [2.75, 3.05) is 19.7 Å². The number of aryl methyl sites for hydroxylation is 1. The SMILES string of the molecule is Cc1nccc(OC2CCN(C(=O)COc3cccc(C(F)(F)F)c3)CC2)n1. The minimum atomic E-state index is -4.45. The number of alkyl halides is 3. The second-order valence-corrected chi connectivity index (χ2v) is 6.45. The Labute approximate surface area is 160 Å². The molecule has 6 nitrogen and oxygen atoms in total. The van der Waals surface area contributed by atoms with Gasteiger partial charge in [0.05, 0.1) is 5.56 Å². The summed E-state index contributed by atoms with van der Waals surface area (Å²) in [7, 11) is 0. The molecule has 0 radical (unpaired) electrons. The van der Waals surface area contributed by atoms with Crippen LogP contribution in [-0.4, -0.2) is 46.6 Å². The first kappa shape index (κ1) is 19.9. The molecule has 1 amide bonds. The lowest BCUT2D eigenvalue weighted by Gasteiger charge is -2.31. The average molecular weight is 395 g/mol. The highest BCUT2D eigenvalue weighted by Gasteiger charge is 2.31. The molecule has 150 valence electrons. The van der Waals surface area contributed by atoms with Crippen LogP contribution in [0.25, 0.3) is 0 Å². The molecule has 9 heteroatoms. The van der Waals surface area contributed by atoms with Crippen LogP contribution in [-0.2, 0) is 11.0 Å². The van der Waals surface area contributed by atoms with E-state index in [9.17, 15) is 18.0 Å². The third-order valence-electron chi connectivity index (χ3n) is 4.36. The van der Waals surface area contributed by atoms with Gasteiger partial charge >= 0.3 is 6.18 Å². The summed E-state index contributed by atoms with van der Waals surface area (Å²) in [6, 6.07) is 6.18. The lowest BCUT2D eigenvalue weighted by atomic mass is 10.1. The summed E-state index contributed by atoms with van der Waals surface area (Å²) in [6.45, 7) is 2.44. The predicted octanol–water partition coefficient (Wildman–Crippen LogP) is 3.25. The van der Waals surface area contributed by atoms with Gasteiger partial charge in [-0.05, 0) is 25.1 Å². The van der Waals surface area contributed by atoms with E-state index in [1.165, 1.54) is 12.1 Å². The van der Waals surface area contributed by atoms with Crippen molar-refractivity contribution in [1.29, 1.82) is 0 Å². The van der Waals surface area contributed by atoms with Crippen molar-refractivity contribution in [2.45, 2.75) is 32.0 Å². The zero-order valence-corrected chi connectivity index (χ0v) is 15.3. The monoisotopic (exact) mass is 395 g/mol. The fourth-order valence-corrected chi connectivity index (χ4v) is 2.89. The van der Waals surface area contributed by atoms with Crippen molar-refractivity contribution >= 4 is 5.91 Å². The predicted molar refractivity (Wildman–Crippen MR) is 93.9 cm³/mol. The molecule has 1 aliphatic rings. The number of hydrogen-bond acceptors (Lipinski definition) is 5. The number of carbonyl (C=O) groups is 1. The molecule has 0 bridgehead atoms. The zero-order valence-electron chi connectivity index (χ0n) is 15.3. The van der Waals surface area contributed by atoms with E-state index in [1.54, 1.807) is 24.1 Å². The van der Waals surface area contributed by atoms with Gasteiger partial charge in [0.25, 0.3) is 5.91 Å². The van der Waals surface area contributed by atoms with Gasteiger partial charge < -0.3 is 14.4 Å². The molecule has 1 aliphatic heterocycles. The number of benzene rings is 1. The lowest BCUT2D eigenvalue weighted by molar-refractivity contribution is -0.137. The molecule has 2 heterocycles. The maximum absolute atomic E-state index is 12.7. The highest BCUT2D eigenvalue weighted by atomic mass is 19.4. The van der Waals surface area contributed by atoms with E-state index in [4.69, 9.17) is 9.47 Å². The summed E-state index contributed by atoms with van der Waals surface area (Å²) in [4.78, 5) is 22.1. The Hall–Kier alpha value is -2.84. The van der Waals surface area contributed by atoms with Gasteiger partial charge in [-0.3, -0.25) is 4.79 Å². The van der Waals surface area contributed by atoms with Gasteiger partial charge in [-0.25, -0.2) is 4.98 Å². The van der Waals surface area contributed by atoms with Crippen LogP contribution in [0.3, 0.4) is 0 Å². The first-order chi connectivity index (χ1) is 13.3. The number of halogens is 3. The molecule has 28 heavy (non-hydrogen) atoms. The van der Waals surface area contributed by atoms with Crippen molar-refractivity contribution in [1.82, 2.24) is 14.9 Å². The number of ether oxygens (including phenoxy) is 2. The van der Waals surface area contributed by atoms with E-state index in [0.29, 0.717) is 37.6 Å². The summed E-state index contributed by atoms with van der Waals surface area (Å²) < 4.78 is 49.2. The smallest absolute Gasteiger partial charge is 0.416 e. The first-order valence-corrected chi connectivity index (χ1v) is 8.85. The highest BCUT2D eigenvalue weighted by molar-refractivity contribution is 5.77. The van der Waals surface area contributed by atoms with Crippen molar-refractivity contribution in [3.05, 3.63) is 47.9 Å². The van der Waals surface area contributed by atoms with Crippen molar-refractivity contribution < 1.29 is 27.4 Å². The van der Waals surface area contributed by atoms with Crippen molar-refractivity contribution in [3.8, 4) is 11.6 Å². The topological polar surface area (TPSA) is 64.5 Å². The number of carbonyl (C=O) groups excluding carboxylic acids is 1. The van der Waals surface area contributed by atoms with E-state index in [0.717, 1.165) is 12.1 Å². The van der Waals surface area contributed by atoms with E-state index in [2.05, 4.69) is 9.97 Å². The summed E-state index contributed by atoms with van der Waals surface area (Å²) >= 11 is 0. The van der Waals surface area contributed by atoms with Crippen LogP contribution < -0.4 is 9.47 Å². The average Bonchev–Trinajstić information content (AvgIpc) is 2.66. The molecule has 0 unspecified atom stereocenters. The highest BCUT2D eigenvalue weighted by Crippen LogP contribution is 2.31. The number of nitrogens with zero attached hydrogens (tertiary/aromatic N) is 3. The molecule has 0 saturated carbocycles. The van der Waals surface area contributed by atoms with E-state index in [1.807, 2.05) is 0 Å². The molecule has 1 saturated heterocycles. The molecule has 3 rings (SSSR count). The van der Waals surface area contributed by atoms with Crippen LogP contribution >= 0.6 is 0 Å². The minimum absolute atomic E-state index is 0.0144. The van der Waals surface area contributed by atoms with Crippen LogP contribution in [0.4, 0.5) is 13.2 Å². The Kier molecular flexibility index (Phi) is 6.01. The number of rotatable bonds is 5. The van der Waals surface area contributed by atoms with Crippen LogP contribution in [0.2, 0.25) is 0 Å². The summed E-state index contributed by atoms with van der Waals surface area (Å²) in [6.07, 6.45) is -1.60. The lowest BCUT2D eigenvalue weighted by Crippen LogP contribution is -2.43. The fourth-order valence-electron chi connectivity index (χ4n) is 2.89. The summed E-state index contributed by atoms with van der Waals surface area (Å²) in [5, 5.41) is 0. The van der Waals surface area contributed by atoms with Crippen LogP contribution in [0, 0.1) is 6.92 Å². The number of likely N-dealkylation sites (tertiary alicyclic amines) is 1. The van der Waals surface area contributed by atoms with Gasteiger partial charge in [0.15, 0.2) is 6.61 Å². The maximum Gasteiger partial charge on any atom is 0.416 e. The normalized spacial score (nSPS) is 15.4. The quantitative estimate of drug-likeness (QED) is 0.778. The Balaban J connectivity index is 1.46. The third kappa shape index (κ3) is 5.34. The number of piperidine rings is 1. The largest absolute Gasteiger partial charge is 0.484 e. The second-order valence-electron chi connectivity index (χ2n) is 6.45. The first-order valence-electron chi connectivity index (χ1n) is 8.85. The van der Waals surface area contributed by atoms with Gasteiger partial charge in [0, 0.05) is 38.2 Å². The summed E-state index contributed by atoms with van der Waals surface area (Å²) in [5.41, 5.74) is -0.810. The Morgan fingerprint density at radius 1 is 1.25 bits per heavy atom. The molecule has 1 aromatic heterocycles. The Morgan fingerprint density at radius 2 is 2.00 bits per heavy atom. The van der Waals surface area contributed by atoms with Gasteiger partial charge in [-0.2, -0.15) is 18.2 Å². The van der Waals surface area contributed by atoms with Gasteiger partial charge in [0.1, 0.15) is 17.7 Å². The van der Waals surface area contributed by atoms with Gasteiger partial charge in [-0.15, -0.1) is 0 Å². The van der Waals surface area contributed by atoms with Crippen LogP contribution in [0.1, 0.15) is 24.2 Å². The van der Waals surface area contributed by atoms with Gasteiger partial charge in [0.2, 0.25) is 5.88 Å². The van der Waals surface area contributed by atoms with Crippen LogP contribution in [0.5, 0.6) is 11.6 Å². The molecular formula is C19H20F3N3O3. The Morgan fingerprint density at radius 3 is 2.68 bits per heavy atom. The van der Waals surface area contributed by atoms with Crippen molar-refractivity contribution in [3.63, 3.8) is 0 Å². The molecule has 0 N–H and O–H groups in total. The van der Waals surface area contributed by atoms with Gasteiger partial charge in [-0.1, -0.05) is 6.07 Å². The molecule has 2 aromatic rings. The molecular weight excluding hydrogens is 375 g/mol. The second kappa shape index (κ2) is 8.45.